The van der Waals surface area contributed by atoms with E-state index in [2.05, 4.69) is 31.5 Å². The first kappa shape index (κ1) is 20.5. The number of aromatic nitrogens is 2. The number of hydrogen-bond donors (Lipinski definition) is 5. The van der Waals surface area contributed by atoms with Gasteiger partial charge in [-0.1, -0.05) is 41.7 Å². The van der Waals surface area contributed by atoms with Crippen molar-refractivity contribution in [3.8, 4) is 0 Å². The van der Waals surface area contributed by atoms with Crippen molar-refractivity contribution in [2.45, 2.75) is 18.9 Å². The number of H-pyrrole nitrogens is 1. The summed E-state index contributed by atoms with van der Waals surface area (Å²) in [5, 5.41) is 17.0. The summed E-state index contributed by atoms with van der Waals surface area (Å²) in [6, 6.07) is 7.92. The van der Waals surface area contributed by atoms with E-state index in [4.69, 9.17) is 12.2 Å². The fraction of sp³-hybridized carbons (Fsp3) is 0.312. The molecule has 0 fully saturated rings. The summed E-state index contributed by atoms with van der Waals surface area (Å²) >= 11 is 6.02. The molecule has 4 amide bonds. The van der Waals surface area contributed by atoms with Gasteiger partial charge in [0.2, 0.25) is 16.9 Å². The van der Waals surface area contributed by atoms with Crippen molar-refractivity contribution >= 4 is 46.5 Å². The molecule has 0 aliphatic heterocycles. The average molecular weight is 409 g/mol. The highest BCUT2D eigenvalue weighted by Gasteiger charge is 2.21. The molecule has 11 heteroatoms. The molecule has 0 aliphatic carbocycles. The maximum Gasteiger partial charge on any atom is 0.321 e. The standard InChI is InChI=1S/C16H20N6O3S2/c1-17-12(23)7-8-18-13(24)11(9-10-5-3-2-4-6-10)19-14(25)20-15-21-22-16(26)27-15/h2-6,11H,7-9H2,1H3,(H,17,23)(H,18,24)(H,22,26)(H2,19,20,21,25)/t11-/m0/s1. The molecular formula is C16H20N6O3S2. The molecule has 1 atom stereocenters. The molecule has 0 saturated heterocycles. The van der Waals surface area contributed by atoms with Crippen LogP contribution in [0.5, 0.6) is 0 Å². The zero-order valence-corrected chi connectivity index (χ0v) is 16.2. The Kier molecular flexibility index (Phi) is 7.89. The highest BCUT2D eigenvalue weighted by molar-refractivity contribution is 7.73. The number of nitrogens with zero attached hydrogens (tertiary/aromatic N) is 1. The molecule has 0 bridgehead atoms. The first-order valence-corrected chi connectivity index (χ1v) is 9.35. The van der Waals surface area contributed by atoms with Crippen molar-refractivity contribution < 1.29 is 14.4 Å². The van der Waals surface area contributed by atoms with Gasteiger partial charge in [0.1, 0.15) is 6.04 Å². The van der Waals surface area contributed by atoms with Crippen LogP contribution in [0.1, 0.15) is 12.0 Å². The summed E-state index contributed by atoms with van der Waals surface area (Å²) in [7, 11) is 1.53. The second-order valence-corrected chi connectivity index (χ2v) is 7.14. The van der Waals surface area contributed by atoms with E-state index in [0.29, 0.717) is 15.5 Å². The van der Waals surface area contributed by atoms with Gasteiger partial charge in [0.25, 0.3) is 0 Å². The van der Waals surface area contributed by atoms with E-state index in [9.17, 15) is 14.4 Å². The predicted octanol–water partition coefficient (Wildman–Crippen LogP) is 1.19. The molecule has 1 aromatic heterocycles. The minimum atomic E-state index is -0.816. The van der Waals surface area contributed by atoms with Crippen molar-refractivity contribution in [3.63, 3.8) is 0 Å². The second kappa shape index (κ2) is 10.4. The Hall–Kier alpha value is -2.79. The number of aromatic amines is 1. The first-order valence-electron chi connectivity index (χ1n) is 8.13. The van der Waals surface area contributed by atoms with Crippen LogP contribution in [0.3, 0.4) is 0 Å². The molecule has 27 heavy (non-hydrogen) atoms. The number of amides is 4. The zero-order valence-electron chi connectivity index (χ0n) is 14.6. The number of rotatable bonds is 8. The Bertz CT molecular complexity index is 836. The molecule has 0 aliphatic rings. The van der Waals surface area contributed by atoms with E-state index in [0.717, 1.165) is 16.9 Å². The first-order chi connectivity index (χ1) is 13.0. The number of carbonyl (C=O) groups excluding carboxylic acids is 3. The van der Waals surface area contributed by atoms with Crippen LogP contribution in [0.2, 0.25) is 0 Å². The number of benzene rings is 1. The fourth-order valence-electron chi connectivity index (χ4n) is 2.18. The smallest absolute Gasteiger partial charge is 0.321 e. The molecule has 2 aromatic rings. The maximum atomic E-state index is 12.5. The molecule has 2 rings (SSSR count). The van der Waals surface area contributed by atoms with Crippen LogP contribution in [0, 0.1) is 3.95 Å². The second-order valence-electron chi connectivity index (χ2n) is 5.47. The SMILES string of the molecule is CNC(=O)CCNC(=O)[C@H](Cc1ccccc1)NC(=O)Nc1n[nH]c(=S)s1. The molecule has 0 unspecified atom stereocenters. The number of hydrogen-bond acceptors (Lipinski definition) is 6. The van der Waals surface area contributed by atoms with Crippen LogP contribution >= 0.6 is 23.6 Å². The minimum absolute atomic E-state index is 0.156. The Morgan fingerprint density at radius 2 is 2.00 bits per heavy atom. The Labute approximate surface area is 164 Å². The van der Waals surface area contributed by atoms with Crippen LogP contribution < -0.4 is 21.3 Å². The number of anilines is 1. The van der Waals surface area contributed by atoms with Gasteiger partial charge in [-0.15, -0.1) is 5.10 Å². The predicted molar refractivity (Wildman–Crippen MR) is 105 cm³/mol. The van der Waals surface area contributed by atoms with Crippen molar-refractivity contribution in [2.24, 2.45) is 0 Å². The topological polar surface area (TPSA) is 128 Å². The summed E-state index contributed by atoms with van der Waals surface area (Å²) in [5.74, 6) is -0.562. The normalized spacial score (nSPS) is 11.3. The average Bonchev–Trinajstić information content (AvgIpc) is 3.06. The van der Waals surface area contributed by atoms with E-state index in [1.165, 1.54) is 7.05 Å². The lowest BCUT2D eigenvalue weighted by atomic mass is 10.1. The quantitative estimate of drug-likeness (QED) is 0.419. The minimum Gasteiger partial charge on any atom is -0.359 e. The largest absolute Gasteiger partial charge is 0.359 e. The van der Waals surface area contributed by atoms with Gasteiger partial charge >= 0.3 is 6.03 Å². The van der Waals surface area contributed by atoms with Crippen LogP contribution in [-0.4, -0.2) is 47.7 Å². The van der Waals surface area contributed by atoms with Gasteiger partial charge in [0, 0.05) is 26.4 Å². The van der Waals surface area contributed by atoms with E-state index in [1.807, 2.05) is 30.3 Å². The van der Waals surface area contributed by atoms with E-state index >= 15 is 0 Å². The molecule has 9 nitrogen and oxygen atoms in total. The lowest BCUT2D eigenvalue weighted by molar-refractivity contribution is -0.123. The third-order valence-corrected chi connectivity index (χ3v) is 4.50. The molecule has 1 aromatic carbocycles. The zero-order chi connectivity index (χ0) is 19.6. The van der Waals surface area contributed by atoms with E-state index in [1.54, 1.807) is 0 Å². The van der Waals surface area contributed by atoms with Crippen molar-refractivity contribution in [1.82, 2.24) is 26.1 Å². The fourth-order valence-corrected chi connectivity index (χ4v) is 2.97. The Morgan fingerprint density at radius 1 is 1.26 bits per heavy atom. The third-order valence-electron chi connectivity index (χ3n) is 3.49. The van der Waals surface area contributed by atoms with Crippen molar-refractivity contribution in [2.75, 3.05) is 18.9 Å². The van der Waals surface area contributed by atoms with Crippen LogP contribution in [0.15, 0.2) is 30.3 Å². The molecule has 0 spiro atoms. The van der Waals surface area contributed by atoms with Gasteiger partial charge in [-0.25, -0.2) is 4.79 Å². The van der Waals surface area contributed by atoms with Crippen LogP contribution in [-0.2, 0) is 16.0 Å². The highest BCUT2D eigenvalue weighted by atomic mass is 32.1. The van der Waals surface area contributed by atoms with Gasteiger partial charge in [0.15, 0.2) is 3.95 Å². The van der Waals surface area contributed by atoms with Gasteiger partial charge in [-0.3, -0.25) is 20.0 Å². The van der Waals surface area contributed by atoms with Gasteiger partial charge < -0.3 is 16.0 Å². The monoisotopic (exact) mass is 408 g/mol. The molecule has 1 heterocycles. The maximum absolute atomic E-state index is 12.5. The van der Waals surface area contributed by atoms with Gasteiger partial charge in [-0.05, 0) is 17.8 Å². The van der Waals surface area contributed by atoms with Crippen molar-refractivity contribution in [3.05, 3.63) is 39.8 Å². The molecule has 5 N–H and O–H groups in total. The van der Waals surface area contributed by atoms with Gasteiger partial charge in [-0.2, -0.15) is 0 Å². The number of carbonyl (C=O) groups is 3. The molecule has 0 radical (unpaired) electrons. The molecule has 0 saturated carbocycles. The Morgan fingerprint density at radius 3 is 2.63 bits per heavy atom. The number of nitrogens with one attached hydrogen (secondary N) is 5. The summed E-state index contributed by atoms with van der Waals surface area (Å²) in [6.45, 7) is 0.174. The highest BCUT2D eigenvalue weighted by Crippen LogP contribution is 2.10. The summed E-state index contributed by atoms with van der Waals surface area (Å²) < 4.78 is 0.429. The van der Waals surface area contributed by atoms with Crippen molar-refractivity contribution in [1.29, 1.82) is 0 Å². The summed E-state index contributed by atoms with van der Waals surface area (Å²) in [5.41, 5.74) is 0.889. The number of urea groups is 1. The van der Waals surface area contributed by atoms with E-state index in [-0.39, 0.29) is 24.8 Å². The Balaban J connectivity index is 1.99. The molecular weight excluding hydrogens is 388 g/mol. The molecule has 144 valence electrons. The van der Waals surface area contributed by atoms with Crippen LogP contribution in [0.25, 0.3) is 0 Å². The lowest BCUT2D eigenvalue weighted by Gasteiger charge is -2.18. The van der Waals surface area contributed by atoms with Gasteiger partial charge in [0.05, 0.1) is 0 Å². The summed E-state index contributed by atoms with van der Waals surface area (Å²) in [4.78, 5) is 36.0. The lowest BCUT2D eigenvalue weighted by Crippen LogP contribution is -2.49. The van der Waals surface area contributed by atoms with Crippen LogP contribution in [0.4, 0.5) is 9.93 Å². The summed E-state index contributed by atoms with van der Waals surface area (Å²) in [6.07, 6.45) is 0.458. The van der Waals surface area contributed by atoms with E-state index < -0.39 is 12.1 Å². The third kappa shape index (κ3) is 7.15.